The molecule has 4 heteroatoms. The first-order valence-electron chi connectivity index (χ1n) is 6.63. The Kier molecular flexibility index (Phi) is 5.32. The molecule has 0 bridgehead atoms. The number of hydrogen-bond acceptors (Lipinski definition) is 2. The third-order valence-electron chi connectivity index (χ3n) is 3.56. The first-order valence-corrected chi connectivity index (χ1v) is 9.04. The van der Waals surface area contributed by atoms with Gasteiger partial charge in [-0.1, -0.05) is 13.8 Å². The summed E-state index contributed by atoms with van der Waals surface area (Å²) in [6.07, 6.45) is 6.50. The van der Waals surface area contributed by atoms with Gasteiger partial charge in [-0.2, -0.15) is 0 Å². The average Bonchev–Trinajstić information content (AvgIpc) is 3.04. The molecule has 1 aliphatic carbocycles. The molecular weight excluding hydrogens is 374 g/mol. The van der Waals surface area contributed by atoms with Crippen LogP contribution in [0.1, 0.15) is 44.4 Å². The highest BCUT2D eigenvalue weighted by Gasteiger charge is 2.23. The summed E-state index contributed by atoms with van der Waals surface area (Å²) in [4.78, 5) is 1.47. The maximum absolute atomic E-state index is 3.61. The van der Waals surface area contributed by atoms with E-state index in [1.165, 1.54) is 51.8 Å². The minimum atomic E-state index is 0.435. The van der Waals surface area contributed by atoms with Crippen molar-refractivity contribution in [3.05, 3.63) is 19.2 Å². The number of nitrogens with one attached hydrogen (secondary N) is 1. The van der Waals surface area contributed by atoms with Gasteiger partial charge in [0, 0.05) is 15.4 Å². The number of hydrogen-bond donors (Lipinski definition) is 1. The molecule has 18 heavy (non-hydrogen) atoms. The predicted octanol–water partition coefficient (Wildman–Crippen LogP) is 5.37. The zero-order valence-electron chi connectivity index (χ0n) is 11.1. The Morgan fingerprint density at radius 2 is 2.06 bits per heavy atom. The molecule has 0 amide bonds. The first-order chi connectivity index (χ1) is 8.46. The van der Waals surface area contributed by atoms with Gasteiger partial charge in [-0.05, 0) is 82.0 Å². The fraction of sp³-hybridized carbons (Fsp3) is 0.714. The van der Waals surface area contributed by atoms with Gasteiger partial charge >= 0.3 is 0 Å². The van der Waals surface area contributed by atoms with Crippen LogP contribution in [0.5, 0.6) is 0 Å². The lowest BCUT2D eigenvalue weighted by Gasteiger charge is -2.24. The highest BCUT2D eigenvalue weighted by atomic mass is 79.9. The van der Waals surface area contributed by atoms with Gasteiger partial charge in [0.2, 0.25) is 0 Å². The minimum Gasteiger partial charge on any atom is -0.314 e. The van der Waals surface area contributed by atoms with Crippen LogP contribution in [0, 0.1) is 5.41 Å². The highest BCUT2D eigenvalue weighted by molar-refractivity contribution is 9.13. The van der Waals surface area contributed by atoms with Crippen molar-refractivity contribution < 1.29 is 0 Å². The maximum Gasteiger partial charge on any atom is 0.0843 e. The van der Waals surface area contributed by atoms with Gasteiger partial charge in [0.05, 0.1) is 3.79 Å². The van der Waals surface area contributed by atoms with Crippen molar-refractivity contribution in [1.82, 2.24) is 5.32 Å². The van der Waals surface area contributed by atoms with Gasteiger partial charge in [-0.15, -0.1) is 11.3 Å². The molecule has 2 rings (SSSR count). The van der Waals surface area contributed by atoms with E-state index in [1.54, 1.807) is 0 Å². The highest BCUT2D eigenvalue weighted by Crippen LogP contribution is 2.35. The Balaban J connectivity index is 1.72. The topological polar surface area (TPSA) is 12.0 Å². The van der Waals surface area contributed by atoms with Crippen LogP contribution in [-0.4, -0.2) is 12.6 Å². The molecule has 0 atom stereocenters. The summed E-state index contributed by atoms with van der Waals surface area (Å²) in [6, 6.07) is 3.08. The fourth-order valence-corrected chi connectivity index (χ4v) is 4.18. The Morgan fingerprint density at radius 3 is 2.61 bits per heavy atom. The molecule has 0 spiro atoms. The number of aryl methyl sites for hydroxylation is 1. The summed E-state index contributed by atoms with van der Waals surface area (Å²) >= 11 is 8.97. The maximum atomic E-state index is 3.61. The van der Waals surface area contributed by atoms with E-state index in [2.05, 4.69) is 57.1 Å². The molecule has 0 unspecified atom stereocenters. The molecule has 0 aromatic carbocycles. The van der Waals surface area contributed by atoms with Crippen LogP contribution in [0.25, 0.3) is 0 Å². The molecular formula is C14H21Br2NS. The molecule has 102 valence electrons. The van der Waals surface area contributed by atoms with Gasteiger partial charge in [0.25, 0.3) is 0 Å². The van der Waals surface area contributed by atoms with Crippen molar-refractivity contribution in [2.45, 2.75) is 52.0 Å². The van der Waals surface area contributed by atoms with Crippen molar-refractivity contribution >= 4 is 43.2 Å². The lowest BCUT2D eigenvalue weighted by Crippen LogP contribution is -2.24. The van der Waals surface area contributed by atoms with Crippen LogP contribution in [0.3, 0.4) is 0 Å². The van der Waals surface area contributed by atoms with Crippen molar-refractivity contribution in [3.8, 4) is 0 Å². The zero-order chi connectivity index (χ0) is 13.2. The second kappa shape index (κ2) is 6.38. The standard InChI is InChI=1S/C14H21Br2NS/c1-14(2,7-8-17-10-3-4-10)6-5-11-9-12(15)13(16)18-11/h9-10,17H,3-8H2,1-2H3. The van der Waals surface area contributed by atoms with E-state index in [0.717, 1.165) is 6.04 Å². The molecule has 0 radical (unpaired) electrons. The van der Waals surface area contributed by atoms with Crippen LogP contribution < -0.4 is 5.32 Å². The monoisotopic (exact) mass is 393 g/mol. The summed E-state index contributed by atoms with van der Waals surface area (Å²) < 4.78 is 2.40. The van der Waals surface area contributed by atoms with E-state index in [-0.39, 0.29) is 0 Å². The molecule has 0 saturated heterocycles. The van der Waals surface area contributed by atoms with Gasteiger partial charge in [0.15, 0.2) is 0 Å². The molecule has 1 nitrogen and oxygen atoms in total. The molecule has 1 aliphatic rings. The van der Waals surface area contributed by atoms with Gasteiger partial charge in [0.1, 0.15) is 0 Å². The average molecular weight is 395 g/mol. The van der Waals surface area contributed by atoms with E-state index < -0.39 is 0 Å². The first kappa shape index (κ1) is 15.0. The predicted molar refractivity (Wildman–Crippen MR) is 87.5 cm³/mol. The quantitative estimate of drug-likeness (QED) is 0.654. The smallest absolute Gasteiger partial charge is 0.0843 e. The SMILES string of the molecule is CC(C)(CCNC1CC1)CCc1cc(Br)c(Br)s1. The summed E-state index contributed by atoms with van der Waals surface area (Å²) in [5, 5.41) is 3.61. The Morgan fingerprint density at radius 1 is 1.33 bits per heavy atom. The molecule has 0 aliphatic heterocycles. The van der Waals surface area contributed by atoms with E-state index in [0.29, 0.717) is 5.41 Å². The van der Waals surface area contributed by atoms with Crippen LogP contribution >= 0.6 is 43.2 Å². The van der Waals surface area contributed by atoms with E-state index >= 15 is 0 Å². The molecule has 1 aromatic rings. The Labute approximate surface area is 131 Å². The molecule has 1 N–H and O–H groups in total. The molecule has 1 heterocycles. The lowest BCUT2D eigenvalue weighted by atomic mass is 9.84. The third kappa shape index (κ3) is 4.95. The van der Waals surface area contributed by atoms with Crippen molar-refractivity contribution in [2.24, 2.45) is 5.41 Å². The largest absolute Gasteiger partial charge is 0.314 e. The molecule has 1 fully saturated rings. The van der Waals surface area contributed by atoms with Gasteiger partial charge < -0.3 is 5.32 Å². The molecule has 1 aromatic heterocycles. The minimum absolute atomic E-state index is 0.435. The Hall–Kier alpha value is 0.620. The normalized spacial score (nSPS) is 16.2. The zero-order valence-corrected chi connectivity index (χ0v) is 15.1. The second-order valence-electron chi connectivity index (χ2n) is 5.98. The fourth-order valence-electron chi connectivity index (χ4n) is 2.00. The summed E-state index contributed by atoms with van der Waals surface area (Å²) in [5.74, 6) is 0. The van der Waals surface area contributed by atoms with Crippen LogP contribution in [0.15, 0.2) is 14.3 Å². The van der Waals surface area contributed by atoms with Crippen molar-refractivity contribution in [1.29, 1.82) is 0 Å². The lowest BCUT2D eigenvalue weighted by molar-refractivity contribution is 0.302. The number of halogens is 2. The van der Waals surface area contributed by atoms with Crippen molar-refractivity contribution in [2.75, 3.05) is 6.54 Å². The summed E-state index contributed by atoms with van der Waals surface area (Å²) in [5.41, 5.74) is 0.435. The number of rotatable bonds is 7. The van der Waals surface area contributed by atoms with Gasteiger partial charge in [-0.25, -0.2) is 0 Å². The van der Waals surface area contributed by atoms with Gasteiger partial charge in [-0.3, -0.25) is 0 Å². The van der Waals surface area contributed by atoms with E-state index in [9.17, 15) is 0 Å². The third-order valence-corrected chi connectivity index (χ3v) is 6.87. The van der Waals surface area contributed by atoms with Crippen LogP contribution in [0.4, 0.5) is 0 Å². The molecule has 1 saturated carbocycles. The summed E-state index contributed by atoms with van der Waals surface area (Å²) in [7, 11) is 0. The van der Waals surface area contributed by atoms with Crippen LogP contribution in [-0.2, 0) is 6.42 Å². The summed E-state index contributed by atoms with van der Waals surface area (Å²) in [6.45, 7) is 5.95. The second-order valence-corrected chi connectivity index (χ2v) is 9.29. The van der Waals surface area contributed by atoms with E-state index in [4.69, 9.17) is 0 Å². The van der Waals surface area contributed by atoms with Crippen molar-refractivity contribution in [3.63, 3.8) is 0 Å². The number of thiophene rings is 1. The van der Waals surface area contributed by atoms with E-state index in [1.807, 2.05) is 11.3 Å². The Bertz CT molecular complexity index is 377. The van der Waals surface area contributed by atoms with Crippen LogP contribution in [0.2, 0.25) is 0 Å².